The largest absolute Gasteiger partial charge is 0.273 e. The van der Waals surface area contributed by atoms with Crippen molar-refractivity contribution in [3.63, 3.8) is 0 Å². The van der Waals surface area contributed by atoms with Gasteiger partial charge in [0.15, 0.2) is 0 Å². The fraction of sp³-hybridized carbons (Fsp3) is 0. The summed E-state index contributed by atoms with van der Waals surface area (Å²) < 4.78 is 26.4. The molecule has 0 bridgehead atoms. The van der Waals surface area contributed by atoms with Crippen LogP contribution >= 0.6 is 27.5 Å². The number of halogens is 2. The van der Waals surface area contributed by atoms with Crippen molar-refractivity contribution in [2.45, 2.75) is 4.90 Å². The average molecular weight is 373 g/mol. The van der Waals surface area contributed by atoms with E-state index >= 15 is 0 Å². The molecule has 0 unspecified atom stereocenters. The first-order valence-corrected chi connectivity index (χ1v) is 8.18. The highest BCUT2D eigenvalue weighted by Crippen LogP contribution is 2.38. The molecule has 0 fully saturated rings. The highest BCUT2D eigenvalue weighted by Gasteiger charge is 2.42. The van der Waals surface area contributed by atoms with Crippen LogP contribution in [-0.2, 0) is 10.0 Å². The molecule has 1 aliphatic rings. The van der Waals surface area contributed by atoms with Gasteiger partial charge in [0.25, 0.3) is 15.9 Å². The number of hydrogen-bond donors (Lipinski definition) is 0. The molecule has 2 aromatic carbocycles. The van der Waals surface area contributed by atoms with Crippen LogP contribution in [0.2, 0.25) is 5.02 Å². The van der Waals surface area contributed by atoms with Gasteiger partial charge in [0.05, 0.1) is 16.3 Å². The minimum absolute atomic E-state index is 0.00369. The Morgan fingerprint density at radius 3 is 2.45 bits per heavy atom. The number of rotatable bonds is 1. The van der Waals surface area contributed by atoms with Crippen LogP contribution in [0.25, 0.3) is 0 Å². The van der Waals surface area contributed by atoms with E-state index in [1.807, 2.05) is 0 Å². The molecule has 102 valence electrons. The van der Waals surface area contributed by atoms with Gasteiger partial charge in [0.1, 0.15) is 4.90 Å². The highest BCUT2D eigenvalue weighted by atomic mass is 79.9. The lowest BCUT2D eigenvalue weighted by atomic mass is 10.2. The van der Waals surface area contributed by atoms with Crippen molar-refractivity contribution in [2.75, 3.05) is 4.31 Å². The summed E-state index contributed by atoms with van der Waals surface area (Å²) in [7, 11) is -3.90. The summed E-state index contributed by atoms with van der Waals surface area (Å²) in [6.45, 7) is 0. The van der Waals surface area contributed by atoms with E-state index in [-0.39, 0.29) is 21.2 Å². The SMILES string of the molecule is O=C1c2ccccc2S(=O)(=O)N1c1ccc(Br)cc1Cl. The molecule has 3 rings (SSSR count). The molecule has 7 heteroatoms. The monoisotopic (exact) mass is 371 g/mol. The Balaban J connectivity index is 2.25. The number of fused-ring (bicyclic) bond motifs is 1. The summed E-state index contributed by atoms with van der Waals surface area (Å²) in [6, 6.07) is 10.8. The summed E-state index contributed by atoms with van der Waals surface area (Å²) in [4.78, 5) is 12.3. The van der Waals surface area contributed by atoms with Crippen molar-refractivity contribution in [1.82, 2.24) is 0 Å². The second-order valence-corrected chi connectivity index (χ2v) is 7.24. The molecule has 0 aromatic heterocycles. The van der Waals surface area contributed by atoms with E-state index in [0.717, 1.165) is 4.31 Å². The third-order valence-corrected chi connectivity index (χ3v) is 5.50. The lowest BCUT2D eigenvalue weighted by Gasteiger charge is -2.16. The van der Waals surface area contributed by atoms with Gasteiger partial charge in [-0.05, 0) is 30.3 Å². The molecular formula is C13H7BrClNO3S. The number of amides is 1. The zero-order chi connectivity index (χ0) is 14.5. The van der Waals surface area contributed by atoms with Gasteiger partial charge in [-0.15, -0.1) is 0 Å². The number of anilines is 1. The van der Waals surface area contributed by atoms with Crippen LogP contribution in [0.3, 0.4) is 0 Å². The van der Waals surface area contributed by atoms with Gasteiger partial charge >= 0.3 is 0 Å². The molecule has 0 saturated heterocycles. The number of nitrogens with zero attached hydrogens (tertiary/aromatic N) is 1. The molecule has 1 amide bonds. The van der Waals surface area contributed by atoms with Crippen LogP contribution in [0.5, 0.6) is 0 Å². The molecule has 0 atom stereocenters. The van der Waals surface area contributed by atoms with Crippen LogP contribution in [-0.4, -0.2) is 14.3 Å². The Morgan fingerprint density at radius 2 is 1.80 bits per heavy atom. The van der Waals surface area contributed by atoms with E-state index in [9.17, 15) is 13.2 Å². The lowest BCUT2D eigenvalue weighted by Crippen LogP contribution is -2.29. The predicted octanol–water partition coefficient (Wildman–Crippen LogP) is 3.45. The van der Waals surface area contributed by atoms with Crippen molar-refractivity contribution < 1.29 is 13.2 Å². The Kier molecular flexibility index (Phi) is 3.12. The summed E-state index contributed by atoms with van der Waals surface area (Å²) in [5.41, 5.74) is 0.308. The van der Waals surface area contributed by atoms with E-state index in [2.05, 4.69) is 15.9 Å². The molecule has 0 aliphatic carbocycles. The Bertz CT molecular complexity index is 835. The number of carbonyl (C=O) groups is 1. The molecular weight excluding hydrogens is 366 g/mol. The highest BCUT2D eigenvalue weighted by molar-refractivity contribution is 9.10. The smallest absolute Gasteiger partial charge is 0.268 e. The third kappa shape index (κ3) is 1.87. The first-order chi connectivity index (χ1) is 9.43. The molecule has 4 nitrogen and oxygen atoms in total. The summed E-state index contributed by atoms with van der Waals surface area (Å²) in [5, 5.41) is 0.184. The summed E-state index contributed by atoms with van der Waals surface area (Å²) in [5.74, 6) is -0.593. The Hall–Kier alpha value is -1.37. The fourth-order valence-corrected chi connectivity index (χ4v) is 4.49. The van der Waals surface area contributed by atoms with Gasteiger partial charge in [-0.3, -0.25) is 4.79 Å². The topological polar surface area (TPSA) is 54.5 Å². The van der Waals surface area contributed by atoms with Crippen LogP contribution in [0.15, 0.2) is 51.8 Å². The molecule has 0 spiro atoms. The Morgan fingerprint density at radius 1 is 1.10 bits per heavy atom. The molecule has 1 aliphatic heterocycles. The number of carbonyl (C=O) groups excluding carboxylic acids is 1. The molecule has 20 heavy (non-hydrogen) atoms. The molecule has 0 N–H and O–H groups in total. The van der Waals surface area contributed by atoms with Crippen molar-refractivity contribution in [3.05, 3.63) is 57.5 Å². The van der Waals surface area contributed by atoms with Crippen molar-refractivity contribution in [3.8, 4) is 0 Å². The quantitative estimate of drug-likeness (QED) is 0.770. The van der Waals surface area contributed by atoms with Gasteiger partial charge in [0, 0.05) is 4.47 Å². The van der Waals surface area contributed by atoms with E-state index < -0.39 is 15.9 Å². The predicted molar refractivity (Wildman–Crippen MR) is 79.6 cm³/mol. The normalized spacial score (nSPS) is 16.3. The van der Waals surface area contributed by atoms with Crippen LogP contribution in [0, 0.1) is 0 Å². The standard InChI is InChI=1S/C13H7BrClNO3S/c14-8-5-6-11(10(15)7-8)16-13(17)9-3-1-2-4-12(9)20(16,18)19/h1-7H. The molecule has 1 heterocycles. The number of sulfonamides is 1. The van der Waals surface area contributed by atoms with E-state index in [1.165, 1.54) is 18.2 Å². The summed E-state index contributed by atoms with van der Waals surface area (Å²) in [6.07, 6.45) is 0. The average Bonchev–Trinajstić information content (AvgIpc) is 2.60. The molecule has 0 radical (unpaired) electrons. The number of benzene rings is 2. The van der Waals surface area contributed by atoms with Crippen molar-refractivity contribution in [2.24, 2.45) is 0 Å². The first-order valence-electron chi connectivity index (χ1n) is 5.56. The first kappa shape index (κ1) is 13.6. The zero-order valence-corrected chi connectivity index (χ0v) is 13.0. The van der Waals surface area contributed by atoms with Crippen LogP contribution in [0.1, 0.15) is 10.4 Å². The summed E-state index contributed by atoms with van der Waals surface area (Å²) >= 11 is 9.30. The van der Waals surface area contributed by atoms with Gasteiger partial charge < -0.3 is 0 Å². The Labute approximate surface area is 129 Å². The van der Waals surface area contributed by atoms with Gasteiger partial charge in [0.2, 0.25) is 0 Å². The van der Waals surface area contributed by atoms with Crippen LogP contribution < -0.4 is 4.31 Å². The maximum atomic E-state index is 12.5. The third-order valence-electron chi connectivity index (χ3n) is 2.95. The fourth-order valence-electron chi connectivity index (χ4n) is 2.07. The van der Waals surface area contributed by atoms with Crippen LogP contribution in [0.4, 0.5) is 5.69 Å². The van der Waals surface area contributed by atoms with Crippen molar-refractivity contribution in [1.29, 1.82) is 0 Å². The number of hydrogen-bond acceptors (Lipinski definition) is 3. The van der Waals surface area contributed by atoms with E-state index in [4.69, 9.17) is 11.6 Å². The maximum absolute atomic E-state index is 12.5. The van der Waals surface area contributed by atoms with Gasteiger partial charge in [-0.25, -0.2) is 8.42 Å². The van der Waals surface area contributed by atoms with Gasteiger partial charge in [-0.2, -0.15) is 4.31 Å². The minimum Gasteiger partial charge on any atom is -0.268 e. The maximum Gasteiger partial charge on any atom is 0.273 e. The second-order valence-electron chi connectivity index (χ2n) is 4.17. The zero-order valence-electron chi connectivity index (χ0n) is 9.88. The van der Waals surface area contributed by atoms with Gasteiger partial charge in [-0.1, -0.05) is 39.7 Å². The molecule has 2 aromatic rings. The second kappa shape index (κ2) is 4.58. The van der Waals surface area contributed by atoms with E-state index in [1.54, 1.807) is 24.3 Å². The molecule has 0 saturated carbocycles. The van der Waals surface area contributed by atoms with Crippen molar-refractivity contribution >= 4 is 49.1 Å². The minimum atomic E-state index is -3.90. The lowest BCUT2D eigenvalue weighted by molar-refractivity contribution is 0.101. The van der Waals surface area contributed by atoms with E-state index in [0.29, 0.717) is 4.47 Å².